The number of hydrogen-bond donors (Lipinski definition) is 1. The summed E-state index contributed by atoms with van der Waals surface area (Å²) in [6, 6.07) is 12.0. The standard InChI is InChI=1S/C22H28N2O3/c1-15-7-5-8-19(16(15)2)23-22(25)14-24-12-6-9-20(24)18-13-17(26-3)10-11-21(18)27-4/h5,7-8,10-11,13,20H,6,9,12,14H2,1-4H3,(H,23,25)/t20-/m0/s1. The minimum Gasteiger partial charge on any atom is -0.497 e. The largest absolute Gasteiger partial charge is 0.497 e. The van der Waals surface area contributed by atoms with E-state index in [1.54, 1.807) is 14.2 Å². The lowest BCUT2D eigenvalue weighted by Gasteiger charge is -2.26. The Balaban J connectivity index is 1.75. The van der Waals surface area contributed by atoms with Crippen LogP contribution in [0.15, 0.2) is 36.4 Å². The molecule has 1 aliphatic rings. The molecule has 0 bridgehead atoms. The number of methoxy groups -OCH3 is 2. The van der Waals surface area contributed by atoms with E-state index < -0.39 is 0 Å². The van der Waals surface area contributed by atoms with Crippen LogP contribution in [0.1, 0.15) is 35.6 Å². The number of nitrogens with zero attached hydrogens (tertiary/aromatic N) is 1. The number of amides is 1. The number of rotatable bonds is 6. The number of benzene rings is 2. The molecule has 3 rings (SSSR count). The predicted octanol–water partition coefficient (Wildman–Crippen LogP) is 4.10. The van der Waals surface area contributed by atoms with E-state index in [2.05, 4.69) is 23.2 Å². The second kappa shape index (κ2) is 8.44. The summed E-state index contributed by atoms with van der Waals surface area (Å²) in [5, 5.41) is 3.06. The van der Waals surface area contributed by atoms with Gasteiger partial charge in [-0.1, -0.05) is 12.1 Å². The van der Waals surface area contributed by atoms with Gasteiger partial charge in [0.2, 0.25) is 5.91 Å². The minimum absolute atomic E-state index is 0.0115. The van der Waals surface area contributed by atoms with Crippen LogP contribution in [0.4, 0.5) is 5.69 Å². The summed E-state index contributed by atoms with van der Waals surface area (Å²) in [6.45, 7) is 5.34. The van der Waals surface area contributed by atoms with Gasteiger partial charge in [-0.15, -0.1) is 0 Å². The lowest BCUT2D eigenvalue weighted by atomic mass is 10.0. The smallest absolute Gasteiger partial charge is 0.238 e. The Bertz CT molecular complexity index is 819. The average Bonchev–Trinajstić information content (AvgIpc) is 3.12. The molecular weight excluding hydrogens is 340 g/mol. The fourth-order valence-electron chi connectivity index (χ4n) is 3.73. The van der Waals surface area contributed by atoms with E-state index in [1.165, 1.54) is 5.56 Å². The van der Waals surface area contributed by atoms with E-state index in [1.807, 2.05) is 37.3 Å². The molecule has 27 heavy (non-hydrogen) atoms. The Labute approximate surface area is 161 Å². The lowest BCUT2D eigenvalue weighted by molar-refractivity contribution is -0.117. The van der Waals surface area contributed by atoms with Crippen LogP contribution in [0.3, 0.4) is 0 Å². The zero-order chi connectivity index (χ0) is 19.4. The highest BCUT2D eigenvalue weighted by Crippen LogP contribution is 2.38. The van der Waals surface area contributed by atoms with E-state index in [4.69, 9.17) is 9.47 Å². The van der Waals surface area contributed by atoms with Crippen molar-refractivity contribution in [3.63, 3.8) is 0 Å². The normalized spacial score (nSPS) is 17.0. The van der Waals surface area contributed by atoms with Crippen molar-refractivity contribution in [3.05, 3.63) is 53.1 Å². The summed E-state index contributed by atoms with van der Waals surface area (Å²) < 4.78 is 10.9. The van der Waals surface area contributed by atoms with Gasteiger partial charge in [-0.25, -0.2) is 0 Å². The Morgan fingerprint density at radius 1 is 1.19 bits per heavy atom. The summed E-state index contributed by atoms with van der Waals surface area (Å²) in [6.07, 6.45) is 2.06. The molecule has 5 nitrogen and oxygen atoms in total. The Kier molecular flexibility index (Phi) is 6.01. The number of likely N-dealkylation sites (tertiary alicyclic amines) is 1. The Morgan fingerprint density at radius 2 is 2.00 bits per heavy atom. The highest BCUT2D eigenvalue weighted by molar-refractivity contribution is 5.93. The van der Waals surface area contributed by atoms with Crippen molar-refractivity contribution in [1.82, 2.24) is 4.90 Å². The second-order valence-electron chi connectivity index (χ2n) is 7.03. The van der Waals surface area contributed by atoms with Gasteiger partial charge in [-0.05, 0) is 68.6 Å². The maximum absolute atomic E-state index is 12.7. The second-order valence-corrected chi connectivity index (χ2v) is 7.03. The van der Waals surface area contributed by atoms with Crippen LogP contribution in [-0.2, 0) is 4.79 Å². The van der Waals surface area contributed by atoms with Gasteiger partial charge in [-0.3, -0.25) is 9.69 Å². The number of carbonyl (C=O) groups excluding carboxylic acids is 1. The number of carbonyl (C=O) groups is 1. The maximum atomic E-state index is 12.7. The fourth-order valence-corrected chi connectivity index (χ4v) is 3.73. The van der Waals surface area contributed by atoms with E-state index in [0.29, 0.717) is 6.54 Å². The van der Waals surface area contributed by atoms with Gasteiger partial charge in [0.25, 0.3) is 0 Å². The first-order valence-electron chi connectivity index (χ1n) is 9.35. The molecular formula is C22H28N2O3. The lowest BCUT2D eigenvalue weighted by Crippen LogP contribution is -2.33. The zero-order valence-corrected chi connectivity index (χ0v) is 16.5. The van der Waals surface area contributed by atoms with Gasteiger partial charge >= 0.3 is 0 Å². The summed E-state index contributed by atoms with van der Waals surface area (Å²) in [5.74, 6) is 1.65. The maximum Gasteiger partial charge on any atom is 0.238 e. The molecule has 144 valence electrons. The first kappa shape index (κ1) is 19.2. The quantitative estimate of drug-likeness (QED) is 0.834. The molecule has 0 unspecified atom stereocenters. The van der Waals surface area contributed by atoms with E-state index in [-0.39, 0.29) is 11.9 Å². The number of hydrogen-bond acceptors (Lipinski definition) is 4. The molecule has 5 heteroatoms. The summed E-state index contributed by atoms with van der Waals surface area (Å²) in [4.78, 5) is 14.9. The number of aryl methyl sites for hydroxylation is 1. The van der Waals surface area contributed by atoms with Gasteiger partial charge < -0.3 is 14.8 Å². The molecule has 0 radical (unpaired) electrons. The first-order chi connectivity index (χ1) is 13.0. The highest BCUT2D eigenvalue weighted by atomic mass is 16.5. The van der Waals surface area contributed by atoms with Crippen LogP contribution in [0.5, 0.6) is 11.5 Å². The molecule has 0 aromatic heterocycles. The fraction of sp³-hybridized carbons (Fsp3) is 0.409. The van der Waals surface area contributed by atoms with Crippen molar-refractivity contribution >= 4 is 11.6 Å². The monoisotopic (exact) mass is 368 g/mol. The molecule has 0 spiro atoms. The van der Waals surface area contributed by atoms with Gasteiger partial charge in [0, 0.05) is 17.3 Å². The highest BCUT2D eigenvalue weighted by Gasteiger charge is 2.30. The van der Waals surface area contributed by atoms with E-state index >= 15 is 0 Å². The Hall–Kier alpha value is -2.53. The number of nitrogens with one attached hydrogen (secondary N) is 1. The van der Waals surface area contributed by atoms with Crippen molar-refractivity contribution in [2.24, 2.45) is 0 Å². The number of anilines is 1. The molecule has 0 saturated carbocycles. The zero-order valence-electron chi connectivity index (χ0n) is 16.5. The third-order valence-corrected chi connectivity index (χ3v) is 5.38. The topological polar surface area (TPSA) is 50.8 Å². The third kappa shape index (κ3) is 4.25. The Morgan fingerprint density at radius 3 is 2.74 bits per heavy atom. The SMILES string of the molecule is COc1ccc(OC)c([C@@H]2CCCN2CC(=O)Nc2cccc(C)c2C)c1. The van der Waals surface area contributed by atoms with Crippen LogP contribution in [-0.4, -0.2) is 38.1 Å². The van der Waals surface area contributed by atoms with Crippen molar-refractivity contribution in [2.75, 3.05) is 32.6 Å². The first-order valence-corrected chi connectivity index (χ1v) is 9.35. The number of ether oxygens (including phenoxy) is 2. The molecule has 0 aliphatic carbocycles. The van der Waals surface area contributed by atoms with Gasteiger partial charge in [0.05, 0.1) is 20.8 Å². The predicted molar refractivity (Wildman–Crippen MR) is 108 cm³/mol. The molecule has 2 aromatic carbocycles. The van der Waals surface area contributed by atoms with Crippen LogP contribution < -0.4 is 14.8 Å². The molecule has 1 aliphatic heterocycles. The van der Waals surface area contributed by atoms with Crippen LogP contribution in [0, 0.1) is 13.8 Å². The summed E-state index contributed by atoms with van der Waals surface area (Å²) in [7, 11) is 3.34. The van der Waals surface area contributed by atoms with Crippen LogP contribution in [0.2, 0.25) is 0 Å². The van der Waals surface area contributed by atoms with Crippen LogP contribution >= 0.6 is 0 Å². The molecule has 1 saturated heterocycles. The van der Waals surface area contributed by atoms with Gasteiger partial charge in [-0.2, -0.15) is 0 Å². The van der Waals surface area contributed by atoms with Gasteiger partial charge in [0.1, 0.15) is 11.5 Å². The van der Waals surface area contributed by atoms with Gasteiger partial charge in [0.15, 0.2) is 0 Å². The average molecular weight is 368 g/mol. The van der Waals surface area contributed by atoms with Crippen molar-refractivity contribution in [2.45, 2.75) is 32.7 Å². The molecule has 1 N–H and O–H groups in total. The molecule has 1 amide bonds. The molecule has 1 fully saturated rings. The van der Waals surface area contributed by atoms with Crippen LogP contribution in [0.25, 0.3) is 0 Å². The molecule has 2 aromatic rings. The third-order valence-electron chi connectivity index (χ3n) is 5.38. The van der Waals surface area contributed by atoms with Crippen molar-refractivity contribution < 1.29 is 14.3 Å². The van der Waals surface area contributed by atoms with Crippen molar-refractivity contribution in [3.8, 4) is 11.5 Å². The molecule has 1 atom stereocenters. The van der Waals surface area contributed by atoms with E-state index in [0.717, 1.165) is 47.7 Å². The summed E-state index contributed by atoms with van der Waals surface area (Å²) >= 11 is 0. The van der Waals surface area contributed by atoms with Crippen molar-refractivity contribution in [1.29, 1.82) is 0 Å². The minimum atomic E-state index is 0.0115. The summed E-state index contributed by atoms with van der Waals surface area (Å²) in [5.41, 5.74) is 4.25. The molecule has 1 heterocycles. The van der Waals surface area contributed by atoms with E-state index in [9.17, 15) is 4.79 Å².